The number of methoxy groups -OCH3 is 4. The van der Waals surface area contributed by atoms with Gasteiger partial charge in [-0.3, -0.25) is 0 Å². The second-order valence-electron chi connectivity index (χ2n) is 22.5. The minimum atomic E-state index is -0.306. The molecular weight excluding hydrogens is 753 g/mol. The Kier molecular flexibility index (Phi) is 10.1. The van der Waals surface area contributed by atoms with E-state index in [1.165, 1.54) is 179 Å². The Morgan fingerprint density at radius 1 is 0.267 bits per heavy atom. The van der Waals surface area contributed by atoms with Gasteiger partial charge in [-0.25, -0.2) is 19.2 Å². The second-order valence-corrected chi connectivity index (χ2v) is 22.5. The summed E-state index contributed by atoms with van der Waals surface area (Å²) in [5.41, 5.74) is 7.54. The highest BCUT2D eigenvalue weighted by molar-refractivity contribution is 6.09. The van der Waals surface area contributed by atoms with Crippen LogP contribution in [-0.4, -0.2) is 52.3 Å². The maximum absolute atomic E-state index is 13.3. The van der Waals surface area contributed by atoms with Gasteiger partial charge in [-0.1, -0.05) is 0 Å². The number of hydrogen-bond acceptors (Lipinski definition) is 8. The Morgan fingerprint density at radius 2 is 0.400 bits per heavy atom. The van der Waals surface area contributed by atoms with Gasteiger partial charge >= 0.3 is 23.9 Å². The molecule has 0 amide bonds. The van der Waals surface area contributed by atoms with E-state index >= 15 is 0 Å². The molecule has 0 spiro atoms. The lowest BCUT2D eigenvalue weighted by Crippen LogP contribution is -2.44. The van der Waals surface area contributed by atoms with E-state index in [0.29, 0.717) is 69.6 Å². The molecule has 16 aliphatic rings. The molecule has 0 heterocycles. The molecule has 0 radical (unpaired) electrons. The van der Waals surface area contributed by atoms with Crippen LogP contribution in [0.2, 0.25) is 0 Å². The molecule has 0 atom stereocenters. The molecule has 0 aliphatic heterocycles. The highest BCUT2D eigenvalue weighted by Crippen LogP contribution is 2.63. The van der Waals surface area contributed by atoms with Crippen molar-refractivity contribution in [2.75, 3.05) is 28.4 Å². The van der Waals surface area contributed by atoms with Crippen LogP contribution in [0.5, 0.6) is 0 Å². The van der Waals surface area contributed by atoms with Gasteiger partial charge in [0.15, 0.2) is 0 Å². The molecule has 0 N–H and O–H groups in total. The standard InChI is InChI=1S/2C26H34O4/c2*1-29-25(27)23(21-17-5-13-3-14(7-17)8-18(21)6-13)24(26(28)30-2)22-19-9-15-4-16(11-19)12-20(22)10-15/h2*13-20H,3-12H2,1-2H3. The van der Waals surface area contributed by atoms with Gasteiger partial charge in [0.2, 0.25) is 0 Å². The lowest BCUT2D eigenvalue weighted by Gasteiger charge is -2.53. The smallest absolute Gasteiger partial charge is 0.338 e. The van der Waals surface area contributed by atoms with Crippen LogP contribution in [0.4, 0.5) is 0 Å². The van der Waals surface area contributed by atoms with Gasteiger partial charge in [0.05, 0.1) is 50.7 Å². The van der Waals surface area contributed by atoms with Crippen LogP contribution in [0.1, 0.15) is 128 Å². The quantitative estimate of drug-likeness (QED) is 0.148. The normalized spacial score (nSPS) is 42.5. The van der Waals surface area contributed by atoms with Crippen molar-refractivity contribution in [3.8, 4) is 0 Å². The summed E-state index contributed by atoms with van der Waals surface area (Å²) in [6.45, 7) is 0. The van der Waals surface area contributed by atoms with Crippen molar-refractivity contribution in [3.63, 3.8) is 0 Å². The SMILES string of the molecule is COC(=O)C(C(C(=O)OC)=C1C2CC3CC(C2)CC1C3)=C1C2CC3CC(C2)CC1C3.COC(=O)C(C(C(=O)OC)=C1C2CC3CC(C2)CC1C3)=C1C2CC3CC(C2)CC1C3. The van der Waals surface area contributed by atoms with Crippen molar-refractivity contribution in [1.29, 1.82) is 0 Å². The fourth-order valence-electron chi connectivity index (χ4n) is 18.3. The molecule has 0 saturated heterocycles. The van der Waals surface area contributed by atoms with Crippen LogP contribution in [0.3, 0.4) is 0 Å². The third-order valence-electron chi connectivity index (χ3n) is 19.3. The Balaban J connectivity index is 0.000000136. The van der Waals surface area contributed by atoms with Gasteiger partial charge in [0.25, 0.3) is 0 Å². The zero-order valence-corrected chi connectivity index (χ0v) is 36.6. The number of carbonyl (C=O) groups is 4. The van der Waals surface area contributed by atoms with Crippen molar-refractivity contribution in [2.24, 2.45) is 94.7 Å². The predicted molar refractivity (Wildman–Crippen MR) is 224 cm³/mol. The first-order valence-electron chi connectivity index (χ1n) is 24.4. The zero-order valence-electron chi connectivity index (χ0n) is 36.6. The zero-order chi connectivity index (χ0) is 41.1. The number of hydrogen-bond donors (Lipinski definition) is 0. The van der Waals surface area contributed by atoms with E-state index in [9.17, 15) is 19.2 Å². The summed E-state index contributed by atoms with van der Waals surface area (Å²) in [7, 11) is 5.87. The maximum atomic E-state index is 13.3. The molecule has 16 saturated carbocycles. The van der Waals surface area contributed by atoms with E-state index in [1.807, 2.05) is 0 Å². The third kappa shape index (κ3) is 6.46. The molecule has 8 heteroatoms. The van der Waals surface area contributed by atoms with E-state index in [0.717, 1.165) is 47.3 Å². The van der Waals surface area contributed by atoms with Gasteiger partial charge in [0, 0.05) is 0 Å². The van der Waals surface area contributed by atoms with Gasteiger partial charge in [0.1, 0.15) is 0 Å². The largest absolute Gasteiger partial charge is 0.465 e. The molecule has 324 valence electrons. The predicted octanol–water partition coefficient (Wildman–Crippen LogP) is 9.68. The van der Waals surface area contributed by atoms with Gasteiger partial charge in [-0.15, -0.1) is 0 Å². The Morgan fingerprint density at radius 3 is 0.517 bits per heavy atom. The van der Waals surface area contributed by atoms with Crippen molar-refractivity contribution < 1.29 is 38.1 Å². The summed E-state index contributed by atoms with van der Waals surface area (Å²) in [4.78, 5) is 53.2. The summed E-state index contributed by atoms with van der Waals surface area (Å²) in [5.74, 6) is 8.87. The lowest BCUT2D eigenvalue weighted by atomic mass is 9.51. The van der Waals surface area contributed by atoms with Crippen LogP contribution in [0.15, 0.2) is 44.6 Å². The molecule has 0 aromatic heterocycles. The third-order valence-corrected chi connectivity index (χ3v) is 19.3. The number of carbonyl (C=O) groups excluding carboxylic acids is 4. The van der Waals surface area contributed by atoms with Crippen molar-refractivity contribution >= 4 is 23.9 Å². The minimum absolute atomic E-state index is 0.306. The molecule has 16 aliphatic carbocycles. The Bertz CT molecular complexity index is 1570. The maximum Gasteiger partial charge on any atom is 0.338 e. The van der Waals surface area contributed by atoms with Crippen LogP contribution >= 0.6 is 0 Å². The molecular formula is C52H68O8. The molecule has 60 heavy (non-hydrogen) atoms. The molecule has 16 bridgehead atoms. The van der Waals surface area contributed by atoms with Crippen LogP contribution in [0.25, 0.3) is 0 Å². The topological polar surface area (TPSA) is 105 Å². The molecule has 16 rings (SSSR count). The average molecular weight is 821 g/mol. The van der Waals surface area contributed by atoms with E-state index in [2.05, 4.69) is 0 Å². The summed E-state index contributed by atoms with van der Waals surface area (Å²) in [6.07, 6.45) is 24.4. The van der Waals surface area contributed by atoms with Gasteiger partial charge in [-0.2, -0.15) is 0 Å². The summed E-state index contributed by atoms with van der Waals surface area (Å²) >= 11 is 0. The van der Waals surface area contributed by atoms with Crippen molar-refractivity contribution in [2.45, 2.75) is 128 Å². The summed E-state index contributed by atoms with van der Waals surface area (Å²) < 4.78 is 21.4. The van der Waals surface area contributed by atoms with E-state index in [1.54, 1.807) is 0 Å². The Hall–Kier alpha value is -3.16. The van der Waals surface area contributed by atoms with Crippen molar-refractivity contribution in [3.05, 3.63) is 44.6 Å². The van der Waals surface area contributed by atoms with E-state index < -0.39 is 0 Å². The highest BCUT2D eigenvalue weighted by Gasteiger charge is 2.53. The second kappa shape index (κ2) is 15.3. The molecule has 0 aromatic carbocycles. The van der Waals surface area contributed by atoms with Crippen LogP contribution < -0.4 is 0 Å². The van der Waals surface area contributed by atoms with Gasteiger partial charge in [-0.05, 0) is 245 Å². The molecule has 8 nitrogen and oxygen atoms in total. The number of rotatable bonds is 6. The number of esters is 4. The monoisotopic (exact) mass is 820 g/mol. The number of ether oxygens (including phenoxy) is 4. The average Bonchev–Trinajstić information content (AvgIpc) is 3.22. The fraction of sp³-hybridized carbons (Fsp3) is 0.769. The molecule has 16 fully saturated rings. The lowest BCUT2D eigenvalue weighted by molar-refractivity contribution is -0.140. The molecule has 0 aromatic rings. The first kappa shape index (κ1) is 39.7. The minimum Gasteiger partial charge on any atom is -0.465 e. The highest BCUT2D eigenvalue weighted by atomic mass is 16.5. The van der Waals surface area contributed by atoms with E-state index in [4.69, 9.17) is 18.9 Å². The first-order chi connectivity index (χ1) is 29.1. The van der Waals surface area contributed by atoms with E-state index in [-0.39, 0.29) is 23.9 Å². The summed E-state index contributed by atoms with van der Waals surface area (Å²) in [5, 5.41) is 0. The fourth-order valence-corrected chi connectivity index (χ4v) is 18.3. The first-order valence-corrected chi connectivity index (χ1v) is 24.4. The number of allylic oxidation sites excluding steroid dienone is 4. The summed E-state index contributed by atoms with van der Waals surface area (Å²) in [6, 6.07) is 0. The molecule has 0 unspecified atom stereocenters. The van der Waals surface area contributed by atoms with Crippen molar-refractivity contribution in [1.82, 2.24) is 0 Å². The van der Waals surface area contributed by atoms with Crippen LogP contribution in [-0.2, 0) is 38.1 Å². The Labute approximate surface area is 357 Å². The van der Waals surface area contributed by atoms with Gasteiger partial charge < -0.3 is 18.9 Å². The van der Waals surface area contributed by atoms with Crippen LogP contribution in [0, 0.1) is 94.7 Å².